The molecule has 5 aromatic carbocycles. The summed E-state index contributed by atoms with van der Waals surface area (Å²) in [5, 5.41) is 0. The van der Waals surface area contributed by atoms with Crippen molar-refractivity contribution >= 4 is 40.2 Å². The van der Waals surface area contributed by atoms with Gasteiger partial charge in [0.2, 0.25) is 0 Å². The van der Waals surface area contributed by atoms with Gasteiger partial charge < -0.3 is 9.80 Å². The van der Waals surface area contributed by atoms with Crippen molar-refractivity contribution in [1.29, 1.82) is 0 Å². The minimum Gasteiger partial charge on any atom is -0.311 e. The molecule has 0 saturated heterocycles. The van der Waals surface area contributed by atoms with E-state index in [1.54, 1.807) is 0 Å². The highest BCUT2D eigenvalue weighted by molar-refractivity contribution is 5.81. The van der Waals surface area contributed by atoms with Gasteiger partial charge >= 0.3 is 0 Å². The van der Waals surface area contributed by atoms with Gasteiger partial charge in [-0.3, -0.25) is 0 Å². The molecule has 0 unspecified atom stereocenters. The lowest BCUT2D eigenvalue weighted by Crippen LogP contribution is -2.12. The van der Waals surface area contributed by atoms with Crippen molar-refractivity contribution in [1.82, 2.24) is 0 Å². The van der Waals surface area contributed by atoms with E-state index < -0.39 is 0 Å². The summed E-state index contributed by atoms with van der Waals surface area (Å²) in [5.41, 5.74) is 9.05. The molecule has 35 heavy (non-hydrogen) atoms. The van der Waals surface area contributed by atoms with E-state index >= 15 is 0 Å². The second-order valence-corrected chi connectivity index (χ2v) is 8.49. The van der Waals surface area contributed by atoms with Gasteiger partial charge in [0.25, 0.3) is 0 Å². The zero-order chi connectivity index (χ0) is 24.0. The third-order valence-corrected chi connectivity index (χ3v) is 6.07. The van der Waals surface area contributed by atoms with E-state index in [-0.39, 0.29) is 0 Å². The monoisotopic (exact) mass is 452 g/mol. The molecule has 170 valence electrons. The number of para-hydroxylation sites is 2. The average molecular weight is 453 g/mol. The molecule has 0 N–H and O–H groups in total. The van der Waals surface area contributed by atoms with E-state index in [2.05, 4.69) is 151 Å². The van der Waals surface area contributed by atoms with E-state index in [4.69, 9.17) is 0 Å². The molecule has 0 spiro atoms. The Morgan fingerprint density at radius 2 is 0.743 bits per heavy atom. The first-order valence-electron chi connectivity index (χ1n) is 11.8. The van der Waals surface area contributed by atoms with Crippen LogP contribution in [0.25, 0.3) is 6.08 Å². The van der Waals surface area contributed by atoms with Crippen molar-refractivity contribution in [3.8, 4) is 0 Å². The Kier molecular flexibility index (Phi) is 6.45. The number of hydrogen-bond acceptors (Lipinski definition) is 2. The highest BCUT2D eigenvalue weighted by atomic mass is 15.2. The number of benzene rings is 5. The van der Waals surface area contributed by atoms with E-state index in [9.17, 15) is 0 Å². The van der Waals surface area contributed by atoms with Crippen molar-refractivity contribution in [2.75, 3.05) is 9.80 Å². The quantitative estimate of drug-likeness (QED) is 0.242. The second kappa shape index (κ2) is 10.1. The molecule has 0 fully saturated rings. The standard InChI is InChI=1S/C33H28N2/c1-3-27-16-20-31(21-17-27)35(29-12-8-5-9-13-29)33-24-22-32(23-25-33)34(28-10-6-4-7-11-28)30-18-14-26(2)15-19-30/h3-25H,1H2,2H3. The van der Waals surface area contributed by atoms with Gasteiger partial charge in [-0.15, -0.1) is 0 Å². The molecule has 0 saturated carbocycles. The van der Waals surface area contributed by atoms with Gasteiger partial charge in [0, 0.05) is 34.1 Å². The molecule has 0 heterocycles. The number of anilines is 6. The molecule has 0 atom stereocenters. The van der Waals surface area contributed by atoms with E-state index in [1.165, 1.54) is 5.56 Å². The normalized spacial score (nSPS) is 10.5. The fourth-order valence-electron chi connectivity index (χ4n) is 4.25. The summed E-state index contributed by atoms with van der Waals surface area (Å²) in [6, 6.07) is 46.9. The van der Waals surface area contributed by atoms with Gasteiger partial charge in [-0.1, -0.05) is 78.9 Å². The fraction of sp³-hybridized carbons (Fsp3) is 0.0303. The van der Waals surface area contributed by atoms with Gasteiger partial charge in [-0.25, -0.2) is 0 Å². The van der Waals surface area contributed by atoms with Crippen LogP contribution in [0.5, 0.6) is 0 Å². The van der Waals surface area contributed by atoms with Crippen molar-refractivity contribution in [3.63, 3.8) is 0 Å². The van der Waals surface area contributed by atoms with Crippen LogP contribution in [-0.4, -0.2) is 0 Å². The summed E-state index contributed by atoms with van der Waals surface area (Å²) >= 11 is 0. The zero-order valence-corrected chi connectivity index (χ0v) is 19.9. The molecule has 0 aliphatic rings. The van der Waals surface area contributed by atoms with Crippen LogP contribution in [0.1, 0.15) is 11.1 Å². The van der Waals surface area contributed by atoms with Crippen LogP contribution < -0.4 is 9.80 Å². The number of rotatable bonds is 7. The summed E-state index contributed by atoms with van der Waals surface area (Å²) in [6.45, 7) is 6.00. The molecule has 5 aromatic rings. The van der Waals surface area contributed by atoms with E-state index in [0.717, 1.165) is 39.7 Å². The third-order valence-electron chi connectivity index (χ3n) is 6.07. The molecular formula is C33H28N2. The Balaban J connectivity index is 1.56. The van der Waals surface area contributed by atoms with Gasteiger partial charge in [0.05, 0.1) is 0 Å². The molecule has 0 amide bonds. The van der Waals surface area contributed by atoms with Gasteiger partial charge in [-0.05, 0) is 85.3 Å². The van der Waals surface area contributed by atoms with Gasteiger partial charge in [0.15, 0.2) is 0 Å². The topological polar surface area (TPSA) is 6.48 Å². The van der Waals surface area contributed by atoms with Crippen molar-refractivity contribution in [2.45, 2.75) is 6.92 Å². The summed E-state index contributed by atoms with van der Waals surface area (Å²) in [7, 11) is 0. The number of aryl methyl sites for hydroxylation is 1. The van der Waals surface area contributed by atoms with Crippen LogP contribution in [0.15, 0.2) is 140 Å². The summed E-state index contributed by atoms with van der Waals surface area (Å²) in [6.07, 6.45) is 1.87. The van der Waals surface area contributed by atoms with E-state index in [0.29, 0.717) is 0 Å². The van der Waals surface area contributed by atoms with Crippen molar-refractivity contribution in [2.24, 2.45) is 0 Å². The molecular weight excluding hydrogens is 424 g/mol. The molecule has 0 aliphatic heterocycles. The maximum absolute atomic E-state index is 3.88. The van der Waals surface area contributed by atoms with Crippen LogP contribution in [0, 0.1) is 6.92 Å². The highest BCUT2D eigenvalue weighted by Crippen LogP contribution is 2.38. The van der Waals surface area contributed by atoms with Crippen LogP contribution in [-0.2, 0) is 0 Å². The van der Waals surface area contributed by atoms with Crippen LogP contribution in [0.3, 0.4) is 0 Å². The first-order chi connectivity index (χ1) is 17.2. The fourth-order valence-corrected chi connectivity index (χ4v) is 4.25. The largest absolute Gasteiger partial charge is 0.311 e. The first kappa shape index (κ1) is 22.2. The molecule has 0 aliphatic carbocycles. The van der Waals surface area contributed by atoms with Gasteiger partial charge in [0.1, 0.15) is 0 Å². The predicted molar refractivity (Wildman–Crippen MR) is 151 cm³/mol. The summed E-state index contributed by atoms with van der Waals surface area (Å²) in [5.74, 6) is 0. The van der Waals surface area contributed by atoms with Crippen molar-refractivity contribution in [3.05, 3.63) is 151 Å². The summed E-state index contributed by atoms with van der Waals surface area (Å²) < 4.78 is 0. The molecule has 0 aromatic heterocycles. The maximum atomic E-state index is 3.88. The lowest BCUT2D eigenvalue weighted by molar-refractivity contribution is 1.25. The van der Waals surface area contributed by atoms with Crippen molar-refractivity contribution < 1.29 is 0 Å². The highest BCUT2D eigenvalue weighted by Gasteiger charge is 2.15. The Morgan fingerprint density at radius 3 is 1.11 bits per heavy atom. The predicted octanol–water partition coefficient (Wildman–Crippen LogP) is 9.58. The van der Waals surface area contributed by atoms with E-state index in [1.807, 2.05) is 12.1 Å². The maximum Gasteiger partial charge on any atom is 0.0463 e. The Labute approximate surface area is 208 Å². The molecule has 5 rings (SSSR count). The van der Waals surface area contributed by atoms with Crippen LogP contribution >= 0.6 is 0 Å². The number of hydrogen-bond donors (Lipinski definition) is 0. The minimum absolute atomic E-state index is 1.10. The average Bonchev–Trinajstić information content (AvgIpc) is 2.93. The third kappa shape index (κ3) is 4.87. The Bertz CT molecular complexity index is 1370. The summed E-state index contributed by atoms with van der Waals surface area (Å²) in [4.78, 5) is 4.56. The molecule has 2 nitrogen and oxygen atoms in total. The molecule has 0 bridgehead atoms. The Hall–Kier alpha value is -4.56. The number of nitrogens with zero attached hydrogens (tertiary/aromatic N) is 2. The smallest absolute Gasteiger partial charge is 0.0463 e. The van der Waals surface area contributed by atoms with Gasteiger partial charge in [-0.2, -0.15) is 0 Å². The first-order valence-corrected chi connectivity index (χ1v) is 11.8. The molecule has 2 heteroatoms. The zero-order valence-electron chi connectivity index (χ0n) is 19.9. The Morgan fingerprint density at radius 1 is 0.429 bits per heavy atom. The lowest BCUT2D eigenvalue weighted by atomic mass is 10.1. The van der Waals surface area contributed by atoms with Crippen LogP contribution in [0.2, 0.25) is 0 Å². The lowest BCUT2D eigenvalue weighted by Gasteiger charge is -2.28. The molecule has 0 radical (unpaired) electrons. The van der Waals surface area contributed by atoms with Crippen LogP contribution in [0.4, 0.5) is 34.1 Å². The SMILES string of the molecule is C=Cc1ccc(N(c2ccccc2)c2ccc(N(c3ccccc3)c3ccc(C)cc3)cc2)cc1. The second-order valence-electron chi connectivity index (χ2n) is 8.49. The minimum atomic E-state index is 1.10.